The lowest BCUT2D eigenvalue weighted by Gasteiger charge is -2.25. The third-order valence-corrected chi connectivity index (χ3v) is 5.16. The van der Waals surface area contributed by atoms with Gasteiger partial charge < -0.3 is 9.52 Å². The Balaban J connectivity index is 2.22. The molecule has 1 heterocycles. The summed E-state index contributed by atoms with van der Waals surface area (Å²) in [5, 5.41) is 9.26. The standard InChI is InChI=1S/C12H19NO4S/c1-8-11(7-14)12(9(2)17-8)18(15,16)13-6-10-4-3-5-10/h10,13-14H,3-7H2,1-2H3. The Labute approximate surface area is 107 Å². The van der Waals surface area contributed by atoms with Gasteiger partial charge in [0.15, 0.2) is 0 Å². The molecule has 0 amide bonds. The maximum atomic E-state index is 12.2. The van der Waals surface area contributed by atoms with Gasteiger partial charge in [0.2, 0.25) is 10.0 Å². The normalized spacial score (nSPS) is 16.8. The molecule has 2 rings (SSSR count). The van der Waals surface area contributed by atoms with Crippen LogP contribution < -0.4 is 4.72 Å². The number of nitrogens with one attached hydrogen (secondary N) is 1. The zero-order valence-electron chi connectivity index (χ0n) is 10.7. The summed E-state index contributed by atoms with van der Waals surface area (Å²) in [5.74, 6) is 1.24. The van der Waals surface area contributed by atoms with Crippen molar-refractivity contribution in [1.29, 1.82) is 0 Å². The summed E-state index contributed by atoms with van der Waals surface area (Å²) in [4.78, 5) is 0.0989. The Morgan fingerprint density at radius 3 is 2.50 bits per heavy atom. The highest BCUT2D eigenvalue weighted by atomic mass is 32.2. The summed E-state index contributed by atoms with van der Waals surface area (Å²) < 4.78 is 32.3. The zero-order valence-corrected chi connectivity index (χ0v) is 11.5. The molecule has 0 radical (unpaired) electrons. The highest BCUT2D eigenvalue weighted by Gasteiger charge is 2.28. The van der Waals surface area contributed by atoms with Crippen LogP contribution in [0.5, 0.6) is 0 Å². The van der Waals surface area contributed by atoms with E-state index in [1.54, 1.807) is 13.8 Å². The minimum absolute atomic E-state index is 0.0989. The van der Waals surface area contributed by atoms with Crippen molar-refractivity contribution in [3.05, 3.63) is 17.1 Å². The van der Waals surface area contributed by atoms with Gasteiger partial charge >= 0.3 is 0 Å². The first-order valence-corrected chi connectivity index (χ1v) is 7.63. The lowest BCUT2D eigenvalue weighted by molar-refractivity contribution is 0.276. The van der Waals surface area contributed by atoms with E-state index in [1.165, 1.54) is 6.42 Å². The molecule has 1 aliphatic carbocycles. The summed E-state index contributed by atoms with van der Waals surface area (Å²) >= 11 is 0. The van der Waals surface area contributed by atoms with Crippen LogP contribution in [0.2, 0.25) is 0 Å². The van der Waals surface area contributed by atoms with Crippen molar-refractivity contribution >= 4 is 10.0 Å². The van der Waals surface area contributed by atoms with Crippen molar-refractivity contribution in [3.8, 4) is 0 Å². The predicted octanol–water partition coefficient (Wildman–Crippen LogP) is 1.47. The van der Waals surface area contributed by atoms with E-state index in [0.29, 0.717) is 29.5 Å². The molecule has 0 aromatic carbocycles. The lowest BCUT2D eigenvalue weighted by atomic mass is 9.86. The van der Waals surface area contributed by atoms with Crippen LogP contribution in [-0.2, 0) is 16.6 Å². The van der Waals surface area contributed by atoms with Gasteiger partial charge in [0.1, 0.15) is 16.4 Å². The largest absolute Gasteiger partial charge is 0.465 e. The Kier molecular flexibility index (Phi) is 3.79. The van der Waals surface area contributed by atoms with E-state index in [1.807, 2.05) is 0 Å². The maximum absolute atomic E-state index is 12.2. The van der Waals surface area contributed by atoms with Gasteiger partial charge in [0, 0.05) is 12.1 Å². The molecule has 1 saturated carbocycles. The van der Waals surface area contributed by atoms with E-state index >= 15 is 0 Å². The second-order valence-electron chi connectivity index (χ2n) is 4.83. The third-order valence-electron chi connectivity index (χ3n) is 3.54. The molecule has 0 spiro atoms. The lowest BCUT2D eigenvalue weighted by Crippen LogP contribution is -2.32. The molecular formula is C12H19NO4S. The Hall–Kier alpha value is -0.850. The number of furan rings is 1. The van der Waals surface area contributed by atoms with Crippen LogP contribution in [-0.4, -0.2) is 20.1 Å². The van der Waals surface area contributed by atoms with Crippen molar-refractivity contribution in [2.24, 2.45) is 5.92 Å². The number of hydrogen-bond donors (Lipinski definition) is 2. The predicted molar refractivity (Wildman–Crippen MR) is 66.6 cm³/mol. The van der Waals surface area contributed by atoms with Gasteiger partial charge in [0.25, 0.3) is 0 Å². The SMILES string of the molecule is Cc1oc(C)c(S(=O)(=O)NCC2CCC2)c1CO. The van der Waals surface area contributed by atoms with Gasteiger partial charge in [-0.15, -0.1) is 0 Å². The van der Waals surface area contributed by atoms with Gasteiger partial charge in [-0.3, -0.25) is 0 Å². The van der Waals surface area contributed by atoms with E-state index in [2.05, 4.69) is 4.72 Å². The molecule has 2 N–H and O–H groups in total. The third kappa shape index (κ3) is 2.46. The fourth-order valence-electron chi connectivity index (χ4n) is 2.24. The first kappa shape index (κ1) is 13.6. The van der Waals surface area contributed by atoms with Crippen LogP contribution >= 0.6 is 0 Å². The van der Waals surface area contributed by atoms with Gasteiger partial charge in [-0.05, 0) is 32.6 Å². The fraction of sp³-hybridized carbons (Fsp3) is 0.667. The van der Waals surface area contributed by atoms with Crippen LogP contribution in [0.25, 0.3) is 0 Å². The first-order chi connectivity index (χ1) is 8.45. The van der Waals surface area contributed by atoms with Gasteiger partial charge in [-0.25, -0.2) is 13.1 Å². The van der Waals surface area contributed by atoms with Crippen LogP contribution in [0.3, 0.4) is 0 Å². The fourth-order valence-corrected chi connectivity index (χ4v) is 3.79. The van der Waals surface area contributed by atoms with E-state index < -0.39 is 10.0 Å². The molecule has 0 atom stereocenters. The minimum Gasteiger partial charge on any atom is -0.465 e. The van der Waals surface area contributed by atoms with E-state index in [4.69, 9.17) is 4.42 Å². The summed E-state index contributed by atoms with van der Waals surface area (Å²) in [5.41, 5.74) is 0.355. The molecule has 1 fully saturated rings. The molecule has 1 aromatic rings. The number of aryl methyl sites for hydroxylation is 2. The maximum Gasteiger partial charge on any atom is 0.244 e. The van der Waals surface area contributed by atoms with Crippen molar-refractivity contribution in [1.82, 2.24) is 4.72 Å². The minimum atomic E-state index is -3.59. The van der Waals surface area contributed by atoms with Crippen LogP contribution in [0, 0.1) is 19.8 Å². The Morgan fingerprint density at radius 2 is 2.00 bits per heavy atom. The quantitative estimate of drug-likeness (QED) is 0.851. The first-order valence-electron chi connectivity index (χ1n) is 6.15. The molecule has 5 nitrogen and oxygen atoms in total. The monoisotopic (exact) mass is 273 g/mol. The number of aliphatic hydroxyl groups is 1. The number of rotatable bonds is 5. The average molecular weight is 273 g/mol. The zero-order chi connectivity index (χ0) is 13.3. The van der Waals surface area contributed by atoms with Gasteiger partial charge in [-0.2, -0.15) is 0 Å². The molecular weight excluding hydrogens is 254 g/mol. The number of aliphatic hydroxyl groups excluding tert-OH is 1. The van der Waals surface area contributed by atoms with Crippen molar-refractivity contribution in [3.63, 3.8) is 0 Å². The second-order valence-corrected chi connectivity index (χ2v) is 6.53. The molecule has 18 heavy (non-hydrogen) atoms. The van der Waals surface area contributed by atoms with E-state index in [0.717, 1.165) is 12.8 Å². The van der Waals surface area contributed by atoms with Crippen molar-refractivity contribution in [2.45, 2.75) is 44.6 Å². The Morgan fingerprint density at radius 1 is 1.33 bits per heavy atom. The Bertz CT molecular complexity index is 529. The van der Waals surface area contributed by atoms with Gasteiger partial charge in [-0.1, -0.05) is 6.42 Å². The summed E-state index contributed by atoms with van der Waals surface area (Å²) in [7, 11) is -3.59. The molecule has 0 unspecified atom stereocenters. The summed E-state index contributed by atoms with van der Waals surface area (Å²) in [6.45, 7) is 3.40. The molecule has 0 saturated heterocycles. The summed E-state index contributed by atoms with van der Waals surface area (Å²) in [6, 6.07) is 0. The van der Waals surface area contributed by atoms with E-state index in [9.17, 15) is 13.5 Å². The number of hydrogen-bond acceptors (Lipinski definition) is 4. The number of sulfonamides is 1. The molecule has 102 valence electrons. The van der Waals surface area contributed by atoms with E-state index in [-0.39, 0.29) is 11.5 Å². The van der Waals surface area contributed by atoms with Crippen LogP contribution in [0.15, 0.2) is 9.31 Å². The second kappa shape index (κ2) is 5.03. The van der Waals surface area contributed by atoms with Crippen molar-refractivity contribution < 1.29 is 17.9 Å². The molecule has 6 heteroatoms. The smallest absolute Gasteiger partial charge is 0.244 e. The van der Waals surface area contributed by atoms with Gasteiger partial charge in [0.05, 0.1) is 6.61 Å². The topological polar surface area (TPSA) is 79.5 Å². The molecule has 0 bridgehead atoms. The van der Waals surface area contributed by atoms with Crippen LogP contribution in [0.4, 0.5) is 0 Å². The highest BCUT2D eigenvalue weighted by molar-refractivity contribution is 7.89. The van der Waals surface area contributed by atoms with Crippen LogP contribution in [0.1, 0.15) is 36.3 Å². The van der Waals surface area contributed by atoms with Crippen molar-refractivity contribution in [2.75, 3.05) is 6.54 Å². The molecule has 1 aromatic heterocycles. The molecule has 1 aliphatic rings. The average Bonchev–Trinajstić information content (AvgIpc) is 2.50. The summed E-state index contributed by atoms with van der Waals surface area (Å²) in [6.07, 6.45) is 3.34. The molecule has 0 aliphatic heterocycles. The highest BCUT2D eigenvalue weighted by Crippen LogP contribution is 2.28.